The van der Waals surface area contributed by atoms with Gasteiger partial charge in [-0.05, 0) is 30.5 Å². The van der Waals surface area contributed by atoms with Gasteiger partial charge < -0.3 is 9.47 Å². The van der Waals surface area contributed by atoms with Crippen molar-refractivity contribution < 1.29 is 80.1 Å². The summed E-state index contributed by atoms with van der Waals surface area (Å²) in [6.07, 6.45) is -4.28. The third kappa shape index (κ3) is 8.68. The van der Waals surface area contributed by atoms with Gasteiger partial charge in [0.1, 0.15) is 52.6 Å². The second-order valence-electron chi connectivity index (χ2n) is 12.8. The van der Waals surface area contributed by atoms with Crippen LogP contribution in [0.3, 0.4) is 0 Å². The van der Waals surface area contributed by atoms with Crippen molar-refractivity contribution in [2.24, 2.45) is 0 Å². The average Bonchev–Trinajstić information content (AvgIpc) is 3.28. The van der Waals surface area contributed by atoms with Crippen LogP contribution >= 0.6 is 11.8 Å². The molecule has 0 N–H and O–H groups in total. The summed E-state index contributed by atoms with van der Waals surface area (Å²) in [6.45, 7) is 0. The Hall–Kier alpha value is -5.70. The maximum absolute atomic E-state index is 15.3. The second kappa shape index (κ2) is 19.6. The Morgan fingerprint density at radius 1 is 0.500 bits per heavy atom. The Kier molecular flexibility index (Phi) is 14.9. The molecule has 0 amide bonds. The van der Waals surface area contributed by atoms with E-state index in [9.17, 15) is 44.3 Å². The Labute approximate surface area is 348 Å². The van der Waals surface area contributed by atoms with E-state index in [2.05, 4.69) is 35.3 Å². The van der Waals surface area contributed by atoms with Crippen molar-refractivity contribution in [2.75, 3.05) is 18.5 Å². The molecule has 62 heavy (non-hydrogen) atoms. The van der Waals surface area contributed by atoms with E-state index in [1.807, 2.05) is 30.0 Å². The fourth-order valence-electron chi connectivity index (χ4n) is 6.62. The van der Waals surface area contributed by atoms with Gasteiger partial charge in [0.05, 0.1) is 7.11 Å². The highest BCUT2D eigenvalue weighted by Crippen LogP contribution is 2.29. The first kappa shape index (κ1) is 47.4. The van der Waals surface area contributed by atoms with Crippen LogP contribution in [0.1, 0.15) is 5.56 Å². The monoisotopic (exact) mass is 924 g/mol. The van der Waals surface area contributed by atoms with Crippen LogP contribution in [0.15, 0.2) is 89.8 Å². The van der Waals surface area contributed by atoms with Gasteiger partial charge in [0, 0.05) is 16.5 Å². The van der Waals surface area contributed by atoms with E-state index in [1.165, 1.54) is 17.6 Å². The first-order valence-electron chi connectivity index (χ1n) is 17.2. The Morgan fingerprint density at radius 3 is 1.18 bits per heavy atom. The van der Waals surface area contributed by atoms with Gasteiger partial charge in [-0.3, -0.25) is 0 Å². The van der Waals surface area contributed by atoms with Gasteiger partial charge in [0.25, 0.3) is 0 Å². The molecule has 21 heteroatoms. The second-order valence-corrected chi connectivity index (χ2v) is 16.1. The summed E-state index contributed by atoms with van der Waals surface area (Å²) in [6, 6.07) is 21.4. The lowest BCUT2D eigenvalue weighted by atomic mass is 9.12. The number of ether oxygens (including phenoxy) is 2. The minimum Gasteiger partial charge on any atom is -0.437 e. The first-order valence-corrected chi connectivity index (χ1v) is 20.1. The summed E-state index contributed by atoms with van der Waals surface area (Å²) in [5, 5.41) is 1.10. The maximum Gasteiger partial charge on any atom is 0.513 e. The third-order valence-corrected chi connectivity index (χ3v) is 13.0. The molecule has 0 aromatic heterocycles. The molecule has 0 bridgehead atoms. The van der Waals surface area contributed by atoms with E-state index in [0.717, 1.165) is 29.0 Å². The number of halogens is 15. The summed E-state index contributed by atoms with van der Waals surface area (Å²) in [7, 11) is 1.47. The van der Waals surface area contributed by atoms with Gasteiger partial charge in [-0.2, -0.15) is 5.46 Å². The zero-order valence-corrected chi connectivity index (χ0v) is 32.9. The molecule has 0 spiro atoms. The van der Waals surface area contributed by atoms with Crippen molar-refractivity contribution >= 4 is 56.8 Å². The Morgan fingerprint density at radius 2 is 0.839 bits per heavy atom. The van der Waals surface area contributed by atoms with Gasteiger partial charge in [0.2, 0.25) is 0 Å². The van der Waals surface area contributed by atoms with Gasteiger partial charge in [-0.15, -0.1) is 28.2 Å². The maximum atomic E-state index is 15.3. The molecular formula is C41H24BF15O3S2. The lowest BCUT2D eigenvalue weighted by Crippen LogP contribution is -2.79. The number of methoxy groups -OCH3 is 1. The molecule has 6 aromatic carbocycles. The summed E-state index contributed by atoms with van der Waals surface area (Å²) in [5.41, 5.74) is -8.17. The van der Waals surface area contributed by atoms with E-state index < -0.39 is 121 Å². The number of hydrogen-bond donors (Lipinski definition) is 0. The Bertz CT molecular complexity index is 2370. The SMILES string of the molecule is COC(=O)Oc1ccc(C[S+](CSC)c2ccccc2)cc1.Fc1c(F)c(F)c([B-](c2ccccc2)(c2c(F)c(F)c(F)c(F)c2F)c2c(F)c(F)c(F)c(F)c2F)c(F)c1F. The number of benzene rings is 6. The molecular weight excluding hydrogens is 900 g/mol. The molecule has 0 aliphatic heterocycles. The molecule has 326 valence electrons. The first-order chi connectivity index (χ1) is 29.4. The molecule has 0 heterocycles. The predicted molar refractivity (Wildman–Crippen MR) is 203 cm³/mol. The molecule has 6 aromatic rings. The number of carbonyl (C=O) groups excluding carboxylic acids is 1. The summed E-state index contributed by atoms with van der Waals surface area (Å²) < 4.78 is 229. The highest BCUT2D eigenvalue weighted by atomic mass is 32.2. The highest BCUT2D eigenvalue weighted by molar-refractivity contribution is 8.13. The topological polar surface area (TPSA) is 35.5 Å². The quantitative estimate of drug-likeness (QED) is 0.0261. The van der Waals surface area contributed by atoms with Crippen LogP contribution < -0.4 is 26.6 Å². The molecule has 0 radical (unpaired) electrons. The van der Waals surface area contributed by atoms with Crippen molar-refractivity contribution in [1.29, 1.82) is 0 Å². The lowest BCUT2D eigenvalue weighted by molar-refractivity contribution is 0.121. The van der Waals surface area contributed by atoms with Crippen LogP contribution in [-0.2, 0) is 21.4 Å². The summed E-state index contributed by atoms with van der Waals surface area (Å²) in [4.78, 5) is 12.4. The summed E-state index contributed by atoms with van der Waals surface area (Å²) in [5.74, 6) is -44.0. The minimum atomic E-state index is -5.72. The standard InChI is InChI=1S/C24H5BF15.C17H19O3S2/c26-10-7(11(27)17(33)22(38)16(10)32)25(6-4-2-1-3-5-6,8-12(28)18(34)23(39)19(35)13(8)29)9-14(30)20(36)24(40)21(37)15(9)31;1-19-17(18)20-15-10-8-14(9-11-15)12-22(13-21-2)16-6-4-3-5-7-16/h1-5H;3-11H,12-13H2,1-2H3/q-1;+1. The van der Waals surface area contributed by atoms with Crippen molar-refractivity contribution in [3.8, 4) is 5.75 Å². The highest BCUT2D eigenvalue weighted by Gasteiger charge is 2.49. The number of carbonyl (C=O) groups is 1. The van der Waals surface area contributed by atoms with Crippen LogP contribution in [0.2, 0.25) is 0 Å². The van der Waals surface area contributed by atoms with Crippen LogP contribution in [0.5, 0.6) is 5.75 Å². The Balaban J connectivity index is 0.000000278. The van der Waals surface area contributed by atoms with Crippen molar-refractivity contribution in [3.63, 3.8) is 0 Å². The van der Waals surface area contributed by atoms with Gasteiger partial charge in [-0.25, -0.2) is 70.7 Å². The van der Waals surface area contributed by atoms with Gasteiger partial charge in [-0.1, -0.05) is 60.7 Å². The zero-order valence-electron chi connectivity index (χ0n) is 31.3. The van der Waals surface area contributed by atoms with Gasteiger partial charge in [0.15, 0.2) is 62.3 Å². The molecule has 0 saturated carbocycles. The van der Waals surface area contributed by atoms with E-state index in [0.29, 0.717) is 17.9 Å². The van der Waals surface area contributed by atoms with Gasteiger partial charge >= 0.3 is 6.16 Å². The van der Waals surface area contributed by atoms with Crippen LogP contribution in [0.4, 0.5) is 70.7 Å². The molecule has 6 rings (SSSR count). The van der Waals surface area contributed by atoms with Crippen LogP contribution in [0, 0.1) is 87.3 Å². The fourth-order valence-corrected chi connectivity index (χ4v) is 9.94. The zero-order chi connectivity index (χ0) is 45.8. The van der Waals surface area contributed by atoms with Crippen molar-refractivity contribution in [1.82, 2.24) is 0 Å². The number of hydrogen-bond acceptors (Lipinski definition) is 4. The minimum absolute atomic E-state index is 0.173. The number of thioether (sulfide) groups is 1. The predicted octanol–water partition coefficient (Wildman–Crippen LogP) is 9.48. The van der Waals surface area contributed by atoms with Crippen LogP contribution in [0.25, 0.3) is 0 Å². The molecule has 1 atom stereocenters. The normalized spacial score (nSPS) is 11.8. The summed E-state index contributed by atoms with van der Waals surface area (Å²) >= 11 is 1.86. The van der Waals surface area contributed by atoms with E-state index in [-0.39, 0.29) is 10.9 Å². The van der Waals surface area contributed by atoms with E-state index >= 15 is 26.3 Å². The number of rotatable bonds is 10. The van der Waals surface area contributed by atoms with Crippen molar-refractivity contribution in [3.05, 3.63) is 178 Å². The van der Waals surface area contributed by atoms with E-state index in [4.69, 9.17) is 4.74 Å². The largest absolute Gasteiger partial charge is 0.513 e. The smallest absolute Gasteiger partial charge is 0.437 e. The molecule has 0 aliphatic rings. The average molecular weight is 925 g/mol. The molecule has 0 aliphatic carbocycles. The fraction of sp³-hybridized carbons (Fsp3) is 0.0976. The molecule has 0 saturated heterocycles. The molecule has 3 nitrogen and oxygen atoms in total. The van der Waals surface area contributed by atoms with Crippen molar-refractivity contribution in [2.45, 2.75) is 10.6 Å². The molecule has 1 unspecified atom stereocenters. The molecule has 0 fully saturated rings. The lowest BCUT2D eigenvalue weighted by Gasteiger charge is -2.44. The van der Waals surface area contributed by atoms with E-state index in [1.54, 1.807) is 12.1 Å². The third-order valence-electron chi connectivity index (χ3n) is 9.30. The van der Waals surface area contributed by atoms with Crippen LogP contribution in [-0.4, -0.2) is 30.8 Å².